The molecule has 1 aromatic rings. The molecule has 0 fully saturated rings. The number of carbonyl (C=O) groups excluding carboxylic acids is 1. The van der Waals surface area contributed by atoms with Crippen molar-refractivity contribution in [2.45, 2.75) is 13.0 Å². The molecular formula is C12H15BrO5. The van der Waals surface area contributed by atoms with Gasteiger partial charge in [0.1, 0.15) is 0 Å². The zero-order valence-electron chi connectivity index (χ0n) is 10.6. The Morgan fingerprint density at radius 1 is 1.33 bits per heavy atom. The topological polar surface area (TPSA) is 65.0 Å². The maximum absolute atomic E-state index is 11.4. The second-order valence-corrected chi connectivity index (χ2v) is 4.38. The number of halogens is 1. The minimum atomic E-state index is -1.37. The van der Waals surface area contributed by atoms with Gasteiger partial charge in [0.05, 0.1) is 25.8 Å². The number of hydrogen-bond donors (Lipinski definition) is 1. The summed E-state index contributed by atoms with van der Waals surface area (Å²) in [6.07, 6.45) is -1.37. The highest BCUT2D eigenvalue weighted by Crippen LogP contribution is 2.42. The smallest absolute Gasteiger partial charge is 0.339 e. The van der Waals surface area contributed by atoms with Gasteiger partial charge in [0, 0.05) is 5.56 Å². The summed E-state index contributed by atoms with van der Waals surface area (Å²) in [5.74, 6) is 0.203. The Bertz CT molecular complexity index is 458. The molecule has 1 N–H and O–H groups in total. The molecule has 1 atom stereocenters. The van der Waals surface area contributed by atoms with Crippen LogP contribution in [0.5, 0.6) is 11.5 Å². The van der Waals surface area contributed by atoms with E-state index in [4.69, 9.17) is 9.47 Å². The van der Waals surface area contributed by atoms with Gasteiger partial charge in [-0.1, -0.05) is 0 Å². The van der Waals surface area contributed by atoms with Crippen LogP contribution in [0, 0.1) is 6.92 Å². The van der Waals surface area contributed by atoms with E-state index in [0.29, 0.717) is 27.1 Å². The second kappa shape index (κ2) is 6.06. The molecule has 0 heterocycles. The van der Waals surface area contributed by atoms with Crippen molar-refractivity contribution in [3.05, 3.63) is 21.7 Å². The molecule has 18 heavy (non-hydrogen) atoms. The lowest BCUT2D eigenvalue weighted by molar-refractivity contribution is -0.150. The first-order valence-electron chi connectivity index (χ1n) is 5.14. The van der Waals surface area contributed by atoms with Crippen molar-refractivity contribution in [3.63, 3.8) is 0 Å². The van der Waals surface area contributed by atoms with Crippen LogP contribution in [0.4, 0.5) is 0 Å². The molecule has 5 nitrogen and oxygen atoms in total. The SMILES string of the molecule is COC(=O)C(O)c1c(C)cc(OC)c(OC)c1Br. The predicted octanol–water partition coefficient (Wildman–Crippen LogP) is 1.98. The van der Waals surface area contributed by atoms with Crippen LogP contribution < -0.4 is 9.47 Å². The third kappa shape index (κ3) is 2.59. The zero-order chi connectivity index (χ0) is 13.9. The maximum atomic E-state index is 11.4. The van der Waals surface area contributed by atoms with Crippen LogP contribution in [0.3, 0.4) is 0 Å². The van der Waals surface area contributed by atoms with Crippen LogP contribution in [0.2, 0.25) is 0 Å². The van der Waals surface area contributed by atoms with Crippen molar-refractivity contribution >= 4 is 21.9 Å². The Morgan fingerprint density at radius 2 is 1.94 bits per heavy atom. The molecule has 0 spiro atoms. The van der Waals surface area contributed by atoms with Crippen LogP contribution >= 0.6 is 15.9 Å². The lowest BCUT2D eigenvalue weighted by Crippen LogP contribution is -2.15. The van der Waals surface area contributed by atoms with E-state index in [2.05, 4.69) is 20.7 Å². The third-order valence-corrected chi connectivity index (χ3v) is 3.34. The lowest BCUT2D eigenvalue weighted by atomic mass is 10.0. The van der Waals surface area contributed by atoms with Crippen molar-refractivity contribution in [2.24, 2.45) is 0 Å². The van der Waals surface area contributed by atoms with Crippen LogP contribution in [0.25, 0.3) is 0 Å². The van der Waals surface area contributed by atoms with Gasteiger partial charge in [-0.15, -0.1) is 0 Å². The number of hydrogen-bond acceptors (Lipinski definition) is 5. The molecule has 0 aliphatic carbocycles. The van der Waals surface area contributed by atoms with Gasteiger partial charge in [-0.25, -0.2) is 4.79 Å². The average molecular weight is 319 g/mol. The fraction of sp³-hybridized carbons (Fsp3) is 0.417. The van der Waals surface area contributed by atoms with E-state index in [9.17, 15) is 9.90 Å². The Balaban J connectivity index is 3.41. The largest absolute Gasteiger partial charge is 0.493 e. The first-order valence-corrected chi connectivity index (χ1v) is 5.94. The van der Waals surface area contributed by atoms with E-state index >= 15 is 0 Å². The summed E-state index contributed by atoms with van der Waals surface area (Å²) in [6, 6.07) is 1.69. The molecule has 0 aliphatic heterocycles. The lowest BCUT2D eigenvalue weighted by Gasteiger charge is -2.18. The van der Waals surface area contributed by atoms with E-state index in [1.165, 1.54) is 21.3 Å². The van der Waals surface area contributed by atoms with E-state index in [0.717, 1.165) is 0 Å². The number of aryl methyl sites for hydroxylation is 1. The second-order valence-electron chi connectivity index (χ2n) is 3.58. The minimum Gasteiger partial charge on any atom is -0.493 e. The Kier molecular flexibility index (Phi) is 4.98. The highest BCUT2D eigenvalue weighted by Gasteiger charge is 2.26. The van der Waals surface area contributed by atoms with E-state index in [1.54, 1.807) is 13.0 Å². The van der Waals surface area contributed by atoms with Crippen molar-refractivity contribution in [1.82, 2.24) is 0 Å². The first kappa shape index (κ1) is 14.8. The highest BCUT2D eigenvalue weighted by molar-refractivity contribution is 9.10. The van der Waals surface area contributed by atoms with Gasteiger partial charge in [-0.2, -0.15) is 0 Å². The fourth-order valence-electron chi connectivity index (χ4n) is 1.65. The number of carbonyl (C=O) groups is 1. The standard InChI is InChI=1S/C12H15BrO5/c1-6-5-7(16-2)11(17-3)9(13)8(6)10(14)12(15)18-4/h5,10,14H,1-4H3. The van der Waals surface area contributed by atoms with Crippen molar-refractivity contribution in [1.29, 1.82) is 0 Å². The number of aliphatic hydroxyl groups is 1. The quantitative estimate of drug-likeness (QED) is 0.860. The molecule has 100 valence electrons. The average Bonchev–Trinajstić information content (AvgIpc) is 2.36. The molecular weight excluding hydrogens is 304 g/mol. The number of ether oxygens (including phenoxy) is 3. The monoisotopic (exact) mass is 318 g/mol. The first-order chi connectivity index (χ1) is 8.47. The molecule has 0 saturated carbocycles. The van der Waals surface area contributed by atoms with Gasteiger partial charge in [0.25, 0.3) is 0 Å². The number of benzene rings is 1. The summed E-state index contributed by atoms with van der Waals surface area (Å²) in [6.45, 7) is 1.76. The van der Waals surface area contributed by atoms with Crippen LogP contribution in [-0.2, 0) is 9.53 Å². The van der Waals surface area contributed by atoms with Gasteiger partial charge >= 0.3 is 5.97 Å². The third-order valence-electron chi connectivity index (χ3n) is 2.55. The molecule has 1 unspecified atom stereocenters. The normalized spacial score (nSPS) is 11.9. The highest BCUT2D eigenvalue weighted by atomic mass is 79.9. The van der Waals surface area contributed by atoms with Crippen molar-refractivity contribution in [2.75, 3.05) is 21.3 Å². The van der Waals surface area contributed by atoms with Gasteiger partial charge < -0.3 is 19.3 Å². The summed E-state index contributed by atoms with van der Waals surface area (Å²) in [5.41, 5.74) is 1.09. The van der Waals surface area contributed by atoms with E-state index in [1.807, 2.05) is 0 Å². The molecule has 0 aromatic heterocycles. The number of rotatable bonds is 4. The van der Waals surface area contributed by atoms with Crippen molar-refractivity contribution < 1.29 is 24.1 Å². The number of esters is 1. The molecule has 1 aromatic carbocycles. The Morgan fingerprint density at radius 3 is 2.39 bits per heavy atom. The molecule has 1 rings (SSSR count). The predicted molar refractivity (Wildman–Crippen MR) is 69.0 cm³/mol. The molecule has 0 amide bonds. The summed E-state index contributed by atoms with van der Waals surface area (Å²) >= 11 is 3.31. The summed E-state index contributed by atoms with van der Waals surface area (Å²) < 4.78 is 15.4. The Labute approximate surface area is 114 Å². The molecule has 0 aliphatic rings. The van der Waals surface area contributed by atoms with Crippen molar-refractivity contribution in [3.8, 4) is 11.5 Å². The van der Waals surface area contributed by atoms with Gasteiger partial charge in [-0.05, 0) is 34.5 Å². The van der Waals surface area contributed by atoms with E-state index in [-0.39, 0.29) is 0 Å². The molecule has 6 heteroatoms. The van der Waals surface area contributed by atoms with Crippen LogP contribution in [0.15, 0.2) is 10.5 Å². The van der Waals surface area contributed by atoms with Gasteiger partial charge in [0.15, 0.2) is 17.6 Å². The Hall–Kier alpha value is -1.27. The summed E-state index contributed by atoms with van der Waals surface area (Å²) in [7, 11) is 4.21. The minimum absolute atomic E-state index is 0.402. The number of aliphatic hydroxyl groups excluding tert-OH is 1. The summed E-state index contributed by atoms with van der Waals surface area (Å²) in [5, 5.41) is 9.93. The van der Waals surface area contributed by atoms with Gasteiger partial charge in [-0.3, -0.25) is 0 Å². The molecule has 0 radical (unpaired) electrons. The molecule has 0 saturated heterocycles. The molecule has 0 bridgehead atoms. The van der Waals surface area contributed by atoms with Crippen LogP contribution in [-0.4, -0.2) is 32.4 Å². The maximum Gasteiger partial charge on any atom is 0.339 e. The van der Waals surface area contributed by atoms with Gasteiger partial charge in [0.2, 0.25) is 0 Å². The zero-order valence-corrected chi connectivity index (χ0v) is 12.2. The number of methoxy groups -OCH3 is 3. The van der Waals surface area contributed by atoms with Crippen LogP contribution in [0.1, 0.15) is 17.2 Å². The fourth-order valence-corrected chi connectivity index (χ4v) is 2.54. The summed E-state index contributed by atoms with van der Waals surface area (Å²) in [4.78, 5) is 11.4. The van der Waals surface area contributed by atoms with E-state index < -0.39 is 12.1 Å².